The highest BCUT2D eigenvalue weighted by Gasteiger charge is 2.37. The van der Waals surface area contributed by atoms with E-state index in [4.69, 9.17) is 5.73 Å². The third-order valence-corrected chi connectivity index (χ3v) is 3.80. The van der Waals surface area contributed by atoms with Gasteiger partial charge < -0.3 is 5.73 Å². The van der Waals surface area contributed by atoms with Crippen molar-refractivity contribution in [3.05, 3.63) is 10.5 Å². The third kappa shape index (κ3) is 2.30. The van der Waals surface area contributed by atoms with Crippen LogP contribution in [0.5, 0.6) is 0 Å². The molecular weight excluding hydrogens is 208 g/mol. The maximum absolute atomic E-state index is 11.9. The van der Waals surface area contributed by atoms with Gasteiger partial charge in [-0.05, 0) is 10.8 Å². The maximum atomic E-state index is 11.9. The molecule has 0 aliphatic carbocycles. The molecule has 86 valence electrons. The molecule has 0 bridgehead atoms. The molecule has 2 N–H and O–H groups in total. The summed E-state index contributed by atoms with van der Waals surface area (Å²) in [5.41, 5.74) is 6.53. The number of hydrogen-bond donors (Lipinski definition) is 1. The van der Waals surface area contributed by atoms with Crippen molar-refractivity contribution in [2.75, 3.05) is 0 Å². The molecule has 1 aliphatic heterocycles. The second-order valence-electron chi connectivity index (χ2n) is 5.93. The minimum Gasteiger partial charge on any atom is -0.383 e. The lowest BCUT2D eigenvalue weighted by atomic mass is 9.80. The van der Waals surface area contributed by atoms with Gasteiger partial charge in [-0.15, -0.1) is 0 Å². The Labute approximate surface area is 94.4 Å². The lowest BCUT2D eigenvalue weighted by Gasteiger charge is -2.27. The van der Waals surface area contributed by atoms with Crippen molar-refractivity contribution >= 4 is 16.8 Å². The van der Waals surface area contributed by atoms with Crippen LogP contribution in [0.1, 0.15) is 41.5 Å². The molecule has 0 amide bonds. The lowest BCUT2D eigenvalue weighted by molar-refractivity contribution is 0.478. The average Bonchev–Trinajstić information content (AvgIpc) is 2.22. The molecule has 0 spiro atoms. The van der Waals surface area contributed by atoms with Gasteiger partial charge >= 0.3 is 0 Å². The molecule has 1 unspecified atom stereocenters. The number of nitrogens with two attached hydrogens (primary N) is 1. The van der Waals surface area contributed by atoms with Gasteiger partial charge in [-0.25, -0.2) is 4.21 Å². The van der Waals surface area contributed by atoms with Crippen LogP contribution < -0.4 is 5.73 Å². The SMILES string of the molecule is CC(C)(C)C1=C(C(C)(C)C)S(=O)N=C1N. The number of amidine groups is 1. The molecule has 4 heteroatoms. The molecule has 0 radical (unpaired) electrons. The van der Waals surface area contributed by atoms with Crippen molar-refractivity contribution in [3.63, 3.8) is 0 Å². The van der Waals surface area contributed by atoms with Crippen molar-refractivity contribution in [3.8, 4) is 0 Å². The Morgan fingerprint density at radius 1 is 1.07 bits per heavy atom. The van der Waals surface area contributed by atoms with Gasteiger partial charge in [0, 0.05) is 5.57 Å². The minimum absolute atomic E-state index is 0.109. The van der Waals surface area contributed by atoms with Gasteiger partial charge in [0.05, 0.1) is 4.91 Å². The fraction of sp³-hybridized carbons (Fsp3) is 0.727. The lowest BCUT2D eigenvalue weighted by Crippen LogP contribution is -2.26. The Kier molecular flexibility index (Phi) is 2.85. The van der Waals surface area contributed by atoms with Crippen molar-refractivity contribution in [2.24, 2.45) is 21.0 Å². The number of rotatable bonds is 0. The third-order valence-electron chi connectivity index (χ3n) is 2.27. The molecule has 0 saturated carbocycles. The molecule has 0 aromatic rings. The quantitative estimate of drug-likeness (QED) is 0.692. The Morgan fingerprint density at radius 3 is 1.80 bits per heavy atom. The first-order valence-corrected chi connectivity index (χ1v) is 6.17. The van der Waals surface area contributed by atoms with Gasteiger partial charge in [-0.2, -0.15) is 4.40 Å². The summed E-state index contributed by atoms with van der Waals surface area (Å²) in [6, 6.07) is 0. The molecule has 1 aliphatic rings. The predicted octanol–water partition coefficient (Wildman–Crippen LogP) is 2.37. The van der Waals surface area contributed by atoms with Gasteiger partial charge in [0.25, 0.3) is 0 Å². The molecule has 1 atom stereocenters. The van der Waals surface area contributed by atoms with E-state index in [1.807, 2.05) is 20.8 Å². The Bertz CT molecular complexity index is 367. The average molecular weight is 228 g/mol. The van der Waals surface area contributed by atoms with Crippen LogP contribution in [0.4, 0.5) is 0 Å². The Morgan fingerprint density at radius 2 is 1.53 bits per heavy atom. The summed E-state index contributed by atoms with van der Waals surface area (Å²) < 4.78 is 15.9. The van der Waals surface area contributed by atoms with E-state index in [-0.39, 0.29) is 10.8 Å². The molecule has 1 rings (SSSR count). The maximum Gasteiger partial charge on any atom is 0.171 e. The summed E-state index contributed by atoms with van der Waals surface area (Å²) in [6.07, 6.45) is 0. The molecule has 0 aromatic carbocycles. The highest BCUT2D eigenvalue weighted by Crippen LogP contribution is 2.41. The zero-order valence-electron chi connectivity index (χ0n) is 10.3. The summed E-state index contributed by atoms with van der Waals surface area (Å²) in [4.78, 5) is 0.868. The summed E-state index contributed by atoms with van der Waals surface area (Å²) in [5, 5.41) is 0. The first kappa shape index (κ1) is 12.4. The minimum atomic E-state index is -1.29. The van der Waals surface area contributed by atoms with Gasteiger partial charge in [0.15, 0.2) is 11.0 Å². The number of allylic oxidation sites excluding steroid dienone is 1. The summed E-state index contributed by atoms with van der Waals surface area (Å²) in [5.74, 6) is 0.436. The molecule has 3 nitrogen and oxygen atoms in total. The van der Waals surface area contributed by atoms with E-state index in [9.17, 15) is 4.21 Å². The van der Waals surface area contributed by atoms with Crippen LogP contribution in [0.15, 0.2) is 14.9 Å². The smallest absolute Gasteiger partial charge is 0.171 e. The predicted molar refractivity (Wildman–Crippen MR) is 65.7 cm³/mol. The summed E-state index contributed by atoms with van der Waals surface area (Å²) in [6.45, 7) is 12.3. The van der Waals surface area contributed by atoms with E-state index in [0.717, 1.165) is 10.5 Å². The monoisotopic (exact) mass is 228 g/mol. The Balaban J connectivity index is 3.42. The van der Waals surface area contributed by atoms with Crippen molar-refractivity contribution in [1.29, 1.82) is 0 Å². The van der Waals surface area contributed by atoms with Crippen molar-refractivity contribution < 1.29 is 4.21 Å². The standard InChI is InChI=1S/C11H20N2OS/c1-10(2,3)7-8(11(4,5)6)15(14)13-9(7)12/h1-6H3,(H2,12,13). The van der Waals surface area contributed by atoms with Gasteiger partial charge in [-0.1, -0.05) is 41.5 Å². The van der Waals surface area contributed by atoms with Gasteiger partial charge in [0.2, 0.25) is 0 Å². The van der Waals surface area contributed by atoms with E-state index in [2.05, 4.69) is 25.2 Å². The first-order valence-electron chi connectivity index (χ1n) is 5.07. The van der Waals surface area contributed by atoms with Crippen LogP contribution in [-0.2, 0) is 11.0 Å². The summed E-state index contributed by atoms with van der Waals surface area (Å²) >= 11 is 0. The van der Waals surface area contributed by atoms with Crippen molar-refractivity contribution in [1.82, 2.24) is 0 Å². The first-order chi connectivity index (χ1) is 6.55. The second kappa shape index (κ2) is 3.44. The van der Waals surface area contributed by atoms with E-state index in [1.165, 1.54) is 0 Å². The van der Waals surface area contributed by atoms with Crippen LogP contribution >= 0.6 is 0 Å². The van der Waals surface area contributed by atoms with Crippen LogP contribution in [0.25, 0.3) is 0 Å². The summed E-state index contributed by atoms with van der Waals surface area (Å²) in [7, 11) is -1.29. The van der Waals surface area contributed by atoms with E-state index < -0.39 is 11.0 Å². The molecule has 0 aromatic heterocycles. The molecular formula is C11H20N2OS. The second-order valence-corrected chi connectivity index (χ2v) is 7.02. The Hall–Kier alpha value is -0.640. The number of nitrogens with zero attached hydrogens (tertiary/aromatic N) is 1. The number of hydrogen-bond acceptors (Lipinski definition) is 2. The van der Waals surface area contributed by atoms with Crippen molar-refractivity contribution in [2.45, 2.75) is 41.5 Å². The molecule has 0 fully saturated rings. The van der Waals surface area contributed by atoms with Crippen LogP contribution in [-0.4, -0.2) is 10.0 Å². The zero-order valence-corrected chi connectivity index (χ0v) is 11.2. The fourth-order valence-corrected chi connectivity index (χ4v) is 3.22. The highest BCUT2D eigenvalue weighted by atomic mass is 32.2. The van der Waals surface area contributed by atoms with Gasteiger partial charge in [0.1, 0.15) is 5.84 Å². The van der Waals surface area contributed by atoms with Crippen LogP contribution in [0.2, 0.25) is 0 Å². The van der Waals surface area contributed by atoms with Crippen LogP contribution in [0.3, 0.4) is 0 Å². The highest BCUT2D eigenvalue weighted by molar-refractivity contribution is 7.88. The molecule has 0 saturated heterocycles. The molecule has 1 heterocycles. The topological polar surface area (TPSA) is 55.5 Å². The van der Waals surface area contributed by atoms with E-state index >= 15 is 0 Å². The zero-order chi connectivity index (χ0) is 12.0. The van der Waals surface area contributed by atoms with E-state index in [0.29, 0.717) is 5.84 Å². The normalized spacial score (nSPS) is 23.3. The fourth-order valence-electron chi connectivity index (χ4n) is 1.75. The molecule has 15 heavy (non-hydrogen) atoms. The van der Waals surface area contributed by atoms with Gasteiger partial charge in [-0.3, -0.25) is 0 Å². The largest absolute Gasteiger partial charge is 0.383 e. The van der Waals surface area contributed by atoms with Crippen LogP contribution in [0, 0.1) is 10.8 Å². The van der Waals surface area contributed by atoms with E-state index in [1.54, 1.807) is 0 Å².